The average Bonchev–Trinajstić information content (AvgIpc) is 3.19. The molecule has 2 aromatic rings. The molecular formula is C20H18ClNO4S. The largest absolute Gasteiger partial charge is 0.460 e. The van der Waals surface area contributed by atoms with Crippen molar-refractivity contribution in [3.8, 4) is 6.07 Å². The van der Waals surface area contributed by atoms with Crippen molar-refractivity contribution in [1.82, 2.24) is 0 Å². The third kappa shape index (κ3) is 3.71. The fourth-order valence-corrected chi connectivity index (χ4v) is 5.50. The van der Waals surface area contributed by atoms with E-state index in [1.54, 1.807) is 24.3 Å². The standard InChI is InChI=1S/C20H18ClNO4S/c21-17-7-9-18(10-8-17)27(24,25)20(11-1-2-12-20)19(23)26-14-16-5-3-15(13-22)4-6-16/h3-10H,1-2,11-12,14H2. The van der Waals surface area contributed by atoms with Crippen LogP contribution in [0.25, 0.3) is 0 Å². The summed E-state index contributed by atoms with van der Waals surface area (Å²) in [5.74, 6) is -0.723. The van der Waals surface area contributed by atoms with Crippen LogP contribution in [0.3, 0.4) is 0 Å². The number of esters is 1. The third-order valence-corrected chi connectivity index (χ3v) is 7.62. The van der Waals surface area contributed by atoms with Crippen LogP contribution in [0.2, 0.25) is 5.02 Å². The number of sulfone groups is 1. The van der Waals surface area contributed by atoms with Crippen LogP contribution in [0, 0.1) is 11.3 Å². The molecule has 7 heteroatoms. The van der Waals surface area contributed by atoms with Crippen molar-refractivity contribution >= 4 is 27.4 Å². The van der Waals surface area contributed by atoms with Crippen LogP contribution in [0.4, 0.5) is 0 Å². The van der Waals surface area contributed by atoms with Crippen molar-refractivity contribution in [2.45, 2.75) is 41.9 Å². The smallest absolute Gasteiger partial charge is 0.328 e. The fraction of sp³-hybridized carbons (Fsp3) is 0.300. The minimum Gasteiger partial charge on any atom is -0.460 e. The number of halogens is 1. The molecule has 0 bridgehead atoms. The number of hydrogen-bond acceptors (Lipinski definition) is 5. The lowest BCUT2D eigenvalue weighted by Crippen LogP contribution is -2.45. The van der Waals surface area contributed by atoms with Crippen LogP contribution < -0.4 is 0 Å². The SMILES string of the molecule is N#Cc1ccc(COC(=O)C2(S(=O)(=O)c3ccc(Cl)cc3)CCCC2)cc1. The summed E-state index contributed by atoms with van der Waals surface area (Å²) in [5, 5.41) is 9.26. The van der Waals surface area contributed by atoms with E-state index in [4.69, 9.17) is 21.6 Å². The van der Waals surface area contributed by atoms with Crippen LogP contribution in [0.1, 0.15) is 36.8 Å². The topological polar surface area (TPSA) is 84.2 Å². The molecule has 1 fully saturated rings. The second-order valence-electron chi connectivity index (χ2n) is 6.54. The Morgan fingerprint density at radius 1 is 1.07 bits per heavy atom. The van der Waals surface area contributed by atoms with Gasteiger partial charge in [0.05, 0.1) is 16.5 Å². The molecule has 5 nitrogen and oxygen atoms in total. The second-order valence-corrected chi connectivity index (χ2v) is 9.24. The van der Waals surface area contributed by atoms with Gasteiger partial charge in [0.25, 0.3) is 0 Å². The summed E-state index contributed by atoms with van der Waals surface area (Å²) >= 11 is 5.85. The molecule has 1 saturated carbocycles. The number of carbonyl (C=O) groups is 1. The van der Waals surface area contributed by atoms with Gasteiger partial charge in [-0.25, -0.2) is 8.42 Å². The van der Waals surface area contributed by atoms with Gasteiger partial charge in [0.15, 0.2) is 14.6 Å². The van der Waals surface area contributed by atoms with E-state index in [2.05, 4.69) is 0 Å². The van der Waals surface area contributed by atoms with Gasteiger partial charge in [-0.1, -0.05) is 36.6 Å². The van der Waals surface area contributed by atoms with Crippen LogP contribution in [0.15, 0.2) is 53.4 Å². The highest BCUT2D eigenvalue weighted by molar-refractivity contribution is 7.93. The summed E-state index contributed by atoms with van der Waals surface area (Å²) in [5.41, 5.74) is 1.20. The van der Waals surface area contributed by atoms with Gasteiger partial charge in [0.2, 0.25) is 0 Å². The Morgan fingerprint density at radius 2 is 1.67 bits per heavy atom. The first-order valence-electron chi connectivity index (χ1n) is 8.55. The first-order valence-corrected chi connectivity index (χ1v) is 10.4. The van der Waals surface area contributed by atoms with Gasteiger partial charge in [-0.3, -0.25) is 4.79 Å². The monoisotopic (exact) mass is 403 g/mol. The number of hydrogen-bond donors (Lipinski definition) is 0. The molecule has 27 heavy (non-hydrogen) atoms. The molecule has 0 aliphatic heterocycles. The maximum atomic E-state index is 13.2. The van der Waals surface area contributed by atoms with E-state index in [9.17, 15) is 13.2 Å². The molecule has 140 valence electrons. The van der Waals surface area contributed by atoms with Gasteiger partial charge < -0.3 is 4.74 Å². The van der Waals surface area contributed by atoms with Crippen molar-refractivity contribution < 1.29 is 17.9 Å². The first kappa shape index (κ1) is 19.4. The Morgan fingerprint density at radius 3 is 2.22 bits per heavy atom. The maximum absolute atomic E-state index is 13.2. The quantitative estimate of drug-likeness (QED) is 0.703. The summed E-state index contributed by atoms with van der Waals surface area (Å²) in [6.45, 7) is -0.0393. The number of benzene rings is 2. The van der Waals surface area contributed by atoms with Crippen LogP contribution in [-0.2, 0) is 26.0 Å². The van der Waals surface area contributed by atoms with Gasteiger partial charge in [-0.05, 0) is 54.8 Å². The fourth-order valence-electron chi connectivity index (χ4n) is 3.32. The highest BCUT2D eigenvalue weighted by Crippen LogP contribution is 2.41. The third-order valence-electron chi connectivity index (χ3n) is 4.87. The van der Waals surface area contributed by atoms with Crippen LogP contribution >= 0.6 is 11.6 Å². The number of ether oxygens (including phenoxy) is 1. The Hall–Kier alpha value is -2.36. The Balaban J connectivity index is 1.84. The molecule has 2 aromatic carbocycles. The zero-order valence-electron chi connectivity index (χ0n) is 14.5. The van der Waals surface area contributed by atoms with Gasteiger partial charge in [-0.2, -0.15) is 5.26 Å². The molecule has 0 N–H and O–H groups in total. The second kappa shape index (κ2) is 7.71. The van der Waals surface area contributed by atoms with E-state index in [1.165, 1.54) is 24.3 Å². The van der Waals surface area contributed by atoms with E-state index in [0.717, 1.165) is 0 Å². The van der Waals surface area contributed by atoms with E-state index in [0.29, 0.717) is 29.0 Å². The normalized spacial score (nSPS) is 15.9. The predicted octanol–water partition coefficient (Wildman–Crippen LogP) is 4.04. The molecule has 0 aromatic heterocycles. The molecule has 1 aliphatic rings. The molecule has 0 radical (unpaired) electrons. The maximum Gasteiger partial charge on any atom is 0.328 e. The van der Waals surface area contributed by atoms with Gasteiger partial charge >= 0.3 is 5.97 Å². The van der Waals surface area contributed by atoms with Gasteiger partial charge in [-0.15, -0.1) is 0 Å². The van der Waals surface area contributed by atoms with Gasteiger partial charge in [0.1, 0.15) is 6.61 Å². The number of rotatable bonds is 5. The van der Waals surface area contributed by atoms with Crippen molar-refractivity contribution in [2.24, 2.45) is 0 Å². The Labute approximate surface area is 163 Å². The van der Waals surface area contributed by atoms with E-state index in [1.807, 2.05) is 6.07 Å². The Kier molecular flexibility index (Phi) is 5.54. The Bertz CT molecular complexity index is 970. The van der Waals surface area contributed by atoms with Crippen molar-refractivity contribution in [2.75, 3.05) is 0 Å². The lowest BCUT2D eigenvalue weighted by atomic mass is 10.1. The zero-order valence-corrected chi connectivity index (χ0v) is 16.1. The minimum absolute atomic E-state index is 0.0393. The number of nitrogens with zero attached hydrogens (tertiary/aromatic N) is 1. The molecular weight excluding hydrogens is 386 g/mol. The van der Waals surface area contributed by atoms with E-state index >= 15 is 0 Å². The van der Waals surface area contributed by atoms with Gasteiger partial charge in [0, 0.05) is 5.02 Å². The number of nitriles is 1. The summed E-state index contributed by atoms with van der Waals surface area (Å²) < 4.78 is 30.3. The van der Waals surface area contributed by atoms with Crippen molar-refractivity contribution in [1.29, 1.82) is 5.26 Å². The highest BCUT2D eigenvalue weighted by Gasteiger charge is 2.54. The zero-order chi connectivity index (χ0) is 19.5. The summed E-state index contributed by atoms with van der Waals surface area (Å²) in [6.07, 6.45) is 1.78. The lowest BCUT2D eigenvalue weighted by molar-refractivity contribution is -0.148. The molecule has 0 heterocycles. The highest BCUT2D eigenvalue weighted by atomic mass is 35.5. The van der Waals surface area contributed by atoms with Crippen LogP contribution in [-0.4, -0.2) is 19.1 Å². The minimum atomic E-state index is -3.91. The summed E-state index contributed by atoms with van der Waals surface area (Å²) in [7, 11) is -3.91. The molecule has 0 amide bonds. The number of carbonyl (C=O) groups excluding carboxylic acids is 1. The first-order chi connectivity index (χ1) is 12.9. The molecule has 0 spiro atoms. The predicted molar refractivity (Wildman–Crippen MR) is 101 cm³/mol. The van der Waals surface area contributed by atoms with E-state index in [-0.39, 0.29) is 24.3 Å². The summed E-state index contributed by atoms with van der Waals surface area (Å²) in [4.78, 5) is 12.9. The van der Waals surface area contributed by atoms with Crippen molar-refractivity contribution in [3.63, 3.8) is 0 Å². The molecule has 0 atom stereocenters. The molecule has 0 unspecified atom stereocenters. The molecule has 1 aliphatic carbocycles. The molecule has 0 saturated heterocycles. The van der Waals surface area contributed by atoms with E-state index < -0.39 is 20.6 Å². The lowest BCUT2D eigenvalue weighted by Gasteiger charge is -2.26. The van der Waals surface area contributed by atoms with Crippen LogP contribution in [0.5, 0.6) is 0 Å². The molecule has 3 rings (SSSR count). The van der Waals surface area contributed by atoms with Crippen molar-refractivity contribution in [3.05, 3.63) is 64.7 Å². The summed E-state index contributed by atoms with van der Waals surface area (Å²) in [6, 6.07) is 14.5. The average molecular weight is 404 g/mol.